The molecule has 1 saturated carbocycles. The average molecular weight is 616 g/mol. The number of nitrogens with zero attached hydrogens (tertiary/aromatic N) is 2. The lowest BCUT2D eigenvalue weighted by molar-refractivity contribution is 0.0514. The van der Waals surface area contributed by atoms with Crippen molar-refractivity contribution >= 4 is 17.3 Å². The molecule has 5 nitrogen and oxygen atoms in total. The lowest BCUT2D eigenvalue weighted by Crippen LogP contribution is -2.37. The third kappa shape index (κ3) is 10.3. The molecule has 3 aromatic rings. The number of likely N-dealkylation sites (tertiary alicyclic amines) is 1. The van der Waals surface area contributed by atoms with Crippen LogP contribution in [0.1, 0.15) is 76.2 Å². The van der Waals surface area contributed by atoms with E-state index in [1.54, 1.807) is 12.1 Å². The molecule has 1 aliphatic carbocycles. The van der Waals surface area contributed by atoms with Gasteiger partial charge in [0, 0.05) is 41.5 Å². The van der Waals surface area contributed by atoms with Crippen LogP contribution in [0.4, 0.5) is 5.69 Å². The smallest absolute Gasteiger partial charge is 0.190 e. The zero-order chi connectivity index (χ0) is 30.6. The Morgan fingerprint density at radius 1 is 0.886 bits per heavy atom. The fraction of sp³-hybridized carbons (Fsp3) is 0.474. The first kappa shape index (κ1) is 32.4. The average Bonchev–Trinajstić information content (AvgIpc) is 3.89. The number of phenols is 1. The highest BCUT2D eigenvalue weighted by atomic mass is 35.5. The van der Waals surface area contributed by atoms with Crippen LogP contribution in [0.3, 0.4) is 0 Å². The molecule has 0 spiro atoms. The van der Waals surface area contributed by atoms with Crippen LogP contribution in [-0.2, 0) is 11.3 Å². The number of para-hydroxylation sites is 1. The van der Waals surface area contributed by atoms with E-state index in [1.165, 1.54) is 68.2 Å². The van der Waals surface area contributed by atoms with Gasteiger partial charge in [-0.2, -0.15) is 0 Å². The zero-order valence-electron chi connectivity index (χ0n) is 26.4. The van der Waals surface area contributed by atoms with E-state index < -0.39 is 0 Å². The molecule has 0 amide bonds. The lowest BCUT2D eigenvalue weighted by atomic mass is 10.0. The van der Waals surface area contributed by atoms with E-state index in [1.807, 2.05) is 6.07 Å². The monoisotopic (exact) mass is 615 g/mol. The van der Waals surface area contributed by atoms with Crippen LogP contribution in [0.5, 0.6) is 5.75 Å². The molecule has 0 unspecified atom stereocenters. The Labute approximate surface area is 269 Å². The second kappa shape index (κ2) is 16.9. The number of aromatic hydroxyl groups is 1. The third-order valence-corrected chi connectivity index (χ3v) is 9.13. The Bertz CT molecular complexity index is 1330. The van der Waals surface area contributed by atoms with Crippen LogP contribution < -0.4 is 5.32 Å². The van der Waals surface area contributed by atoms with Crippen LogP contribution in [0, 0.1) is 0 Å². The standard InChI is InChI=1S/C38H50ClN3O2/c1-41(29-32-28-33(39)20-21-37(32)43)24-12-5-3-2-4-6-13-25-42-26-22-34(23-27-42)44-38(31-18-19-31)40-36-17-11-10-16-35(36)30-14-8-7-9-15-30/h7-11,14-17,20-21,28,34,40,43H,2-6,12-13,18-19,22-27,29H2,1H3. The molecular weight excluding hydrogens is 566 g/mol. The Balaban J connectivity index is 0.923. The number of benzene rings is 3. The summed E-state index contributed by atoms with van der Waals surface area (Å²) in [5.41, 5.74) is 5.87. The normalized spacial score (nSPS) is 15.5. The summed E-state index contributed by atoms with van der Waals surface area (Å²) in [7, 11) is 2.11. The molecule has 2 aliphatic rings. The summed E-state index contributed by atoms with van der Waals surface area (Å²) in [6.07, 6.45) is 13.8. The largest absolute Gasteiger partial charge is 0.508 e. The van der Waals surface area contributed by atoms with Crippen LogP contribution in [-0.4, -0.2) is 54.2 Å². The van der Waals surface area contributed by atoms with Gasteiger partial charge < -0.3 is 25.0 Å². The van der Waals surface area contributed by atoms with Gasteiger partial charge in [-0.1, -0.05) is 92.2 Å². The predicted molar refractivity (Wildman–Crippen MR) is 184 cm³/mol. The number of phenolic OH excluding ortho intramolecular Hbond substituents is 1. The number of hydrogen-bond donors (Lipinski definition) is 2. The van der Waals surface area contributed by atoms with Crippen LogP contribution >= 0.6 is 11.6 Å². The highest BCUT2D eigenvalue weighted by Gasteiger charge is 2.26. The number of halogens is 1. The number of nitrogens with one attached hydrogen (secondary N) is 1. The first-order valence-electron chi connectivity index (χ1n) is 16.7. The van der Waals surface area contributed by atoms with Gasteiger partial charge in [-0.25, -0.2) is 0 Å². The van der Waals surface area contributed by atoms with E-state index in [2.05, 4.69) is 76.8 Å². The first-order chi connectivity index (χ1) is 21.5. The van der Waals surface area contributed by atoms with E-state index in [4.69, 9.17) is 16.3 Å². The van der Waals surface area contributed by atoms with E-state index >= 15 is 0 Å². The Morgan fingerprint density at radius 3 is 2.32 bits per heavy atom. The molecule has 1 saturated heterocycles. The minimum Gasteiger partial charge on any atom is -0.508 e. The number of hydrogen-bond acceptors (Lipinski definition) is 5. The molecule has 2 N–H and O–H groups in total. The van der Waals surface area contributed by atoms with Gasteiger partial charge in [0.25, 0.3) is 0 Å². The molecule has 3 aromatic carbocycles. The molecule has 6 heteroatoms. The Morgan fingerprint density at radius 2 is 1.57 bits per heavy atom. The number of anilines is 1. The Kier molecular flexibility index (Phi) is 12.5. The van der Waals surface area contributed by atoms with E-state index in [-0.39, 0.29) is 0 Å². The van der Waals surface area contributed by atoms with Crippen LogP contribution in [0.25, 0.3) is 11.1 Å². The maximum absolute atomic E-state index is 10.0. The minimum atomic E-state index is 0.293. The summed E-state index contributed by atoms with van der Waals surface area (Å²) >= 11 is 6.08. The maximum atomic E-state index is 10.0. The van der Waals surface area contributed by atoms with Crippen molar-refractivity contribution in [2.45, 2.75) is 83.3 Å². The van der Waals surface area contributed by atoms with Crippen molar-refractivity contribution in [3.63, 3.8) is 0 Å². The van der Waals surface area contributed by atoms with Gasteiger partial charge in [0.15, 0.2) is 5.88 Å². The van der Waals surface area contributed by atoms with Gasteiger partial charge in [0.05, 0.1) is 0 Å². The van der Waals surface area contributed by atoms with Crippen molar-refractivity contribution in [1.29, 1.82) is 0 Å². The van der Waals surface area contributed by atoms with Crippen molar-refractivity contribution in [2.24, 2.45) is 0 Å². The molecule has 0 aromatic heterocycles. The third-order valence-electron chi connectivity index (χ3n) is 8.90. The number of ether oxygens (including phenoxy) is 1. The van der Waals surface area contributed by atoms with Gasteiger partial charge in [-0.15, -0.1) is 0 Å². The van der Waals surface area contributed by atoms with E-state index in [0.29, 0.717) is 16.9 Å². The molecule has 44 heavy (non-hydrogen) atoms. The van der Waals surface area contributed by atoms with Crippen molar-refractivity contribution < 1.29 is 9.84 Å². The number of rotatable bonds is 17. The first-order valence-corrected chi connectivity index (χ1v) is 17.1. The predicted octanol–water partition coefficient (Wildman–Crippen LogP) is 9.47. The summed E-state index contributed by atoms with van der Waals surface area (Å²) in [5, 5.41) is 14.4. The van der Waals surface area contributed by atoms with E-state index in [0.717, 1.165) is 69.0 Å². The summed E-state index contributed by atoms with van der Waals surface area (Å²) in [5.74, 6) is 1.33. The zero-order valence-corrected chi connectivity index (χ0v) is 27.2. The second-order valence-electron chi connectivity index (χ2n) is 12.6. The van der Waals surface area contributed by atoms with E-state index in [9.17, 15) is 5.11 Å². The molecule has 0 atom stereocenters. The lowest BCUT2D eigenvalue weighted by Gasteiger charge is -2.33. The topological polar surface area (TPSA) is 48.0 Å². The quantitative estimate of drug-likeness (QED) is 0.117. The molecule has 236 valence electrons. The fourth-order valence-corrected chi connectivity index (χ4v) is 6.34. The molecule has 1 aliphatic heterocycles. The summed E-state index contributed by atoms with van der Waals surface area (Å²) in [6, 6.07) is 24.4. The molecule has 2 fully saturated rings. The highest BCUT2D eigenvalue weighted by Crippen LogP contribution is 2.36. The number of allylic oxidation sites excluding steroid dienone is 1. The SMILES string of the molecule is CN(CCCCCCCCCN1CCC(OC(Nc2ccccc2-c2ccccc2)=C2CC2)CC1)Cc1cc(Cl)ccc1O. The van der Waals surface area contributed by atoms with Gasteiger partial charge >= 0.3 is 0 Å². The van der Waals surface area contributed by atoms with Crippen molar-refractivity contribution in [3.05, 3.63) is 94.8 Å². The summed E-state index contributed by atoms with van der Waals surface area (Å²) < 4.78 is 6.62. The minimum absolute atomic E-state index is 0.293. The molecule has 0 bridgehead atoms. The van der Waals surface area contributed by atoms with Gasteiger partial charge in [-0.05, 0) is 94.1 Å². The van der Waals surface area contributed by atoms with Gasteiger partial charge in [-0.3, -0.25) is 0 Å². The highest BCUT2D eigenvalue weighted by molar-refractivity contribution is 6.30. The van der Waals surface area contributed by atoms with Crippen LogP contribution in [0.15, 0.2) is 84.3 Å². The summed E-state index contributed by atoms with van der Waals surface area (Å²) in [4.78, 5) is 4.90. The van der Waals surface area contributed by atoms with Crippen LogP contribution in [0.2, 0.25) is 5.02 Å². The van der Waals surface area contributed by atoms with Crippen molar-refractivity contribution in [3.8, 4) is 16.9 Å². The summed E-state index contributed by atoms with van der Waals surface area (Å²) in [6.45, 7) is 5.25. The molecule has 0 radical (unpaired) electrons. The molecule has 1 heterocycles. The number of piperidine rings is 1. The fourth-order valence-electron chi connectivity index (χ4n) is 6.14. The second-order valence-corrected chi connectivity index (χ2v) is 13.1. The van der Waals surface area contributed by atoms with Crippen molar-refractivity contribution in [1.82, 2.24) is 9.80 Å². The van der Waals surface area contributed by atoms with Crippen molar-refractivity contribution in [2.75, 3.05) is 38.5 Å². The number of unbranched alkanes of at least 4 members (excludes halogenated alkanes) is 6. The molecular formula is C38H50ClN3O2. The van der Waals surface area contributed by atoms with Gasteiger partial charge in [0.1, 0.15) is 11.9 Å². The molecule has 5 rings (SSSR count). The Hall–Kier alpha value is -2.99. The van der Waals surface area contributed by atoms with Gasteiger partial charge in [0.2, 0.25) is 0 Å². The maximum Gasteiger partial charge on any atom is 0.190 e.